The molecule has 0 saturated carbocycles. The van der Waals surface area contributed by atoms with Crippen LogP contribution < -0.4 is 4.90 Å². The summed E-state index contributed by atoms with van der Waals surface area (Å²) in [6.45, 7) is 8.96. The van der Waals surface area contributed by atoms with Crippen molar-refractivity contribution in [2.24, 2.45) is 0 Å². The Labute approximate surface area is 382 Å². The van der Waals surface area contributed by atoms with E-state index in [1.165, 1.54) is 83.6 Å². The highest BCUT2D eigenvalue weighted by atomic mass is 15.1. The lowest BCUT2D eigenvalue weighted by atomic mass is 9.82. The number of nitrogens with zero attached hydrogens (tertiary/aromatic N) is 3. The first-order valence-electron chi connectivity index (χ1n) is 22.9. The molecular formula is C62H51N3. The Bertz CT molecular complexity index is 3470. The number of aromatic nitrogens is 2. The number of hydrogen-bond acceptors (Lipinski definition) is 1. The first kappa shape index (κ1) is 39.9. The molecule has 0 bridgehead atoms. The summed E-state index contributed by atoms with van der Waals surface area (Å²) in [7, 11) is 0. The van der Waals surface area contributed by atoms with Gasteiger partial charge in [-0.2, -0.15) is 0 Å². The summed E-state index contributed by atoms with van der Waals surface area (Å²) >= 11 is 0. The number of fused-ring (bicyclic) bond motifs is 7. The predicted molar refractivity (Wildman–Crippen MR) is 277 cm³/mol. The summed E-state index contributed by atoms with van der Waals surface area (Å²) in [6, 6.07) is 79.9. The van der Waals surface area contributed by atoms with E-state index in [9.17, 15) is 0 Å². The van der Waals surface area contributed by atoms with Crippen LogP contribution in [0.25, 0.3) is 77.5 Å². The molecular weight excluding hydrogens is 787 g/mol. The Kier molecular flexibility index (Phi) is 10.0. The lowest BCUT2D eigenvalue weighted by Gasteiger charge is -2.28. The van der Waals surface area contributed by atoms with E-state index in [0.717, 1.165) is 28.4 Å². The summed E-state index contributed by atoms with van der Waals surface area (Å²) in [6.07, 6.45) is 3.43. The van der Waals surface area contributed by atoms with Crippen LogP contribution in [0.5, 0.6) is 0 Å². The third-order valence-electron chi connectivity index (χ3n) is 13.1. The van der Waals surface area contributed by atoms with Crippen LogP contribution in [0.3, 0.4) is 0 Å². The summed E-state index contributed by atoms with van der Waals surface area (Å²) in [5.41, 5.74) is 19.3. The highest BCUT2D eigenvalue weighted by Crippen LogP contribution is 2.51. The third kappa shape index (κ3) is 6.92. The van der Waals surface area contributed by atoms with Crippen molar-refractivity contribution in [3.8, 4) is 44.8 Å². The van der Waals surface area contributed by atoms with Crippen LogP contribution in [0.4, 0.5) is 17.1 Å². The molecule has 0 fully saturated rings. The first-order valence-corrected chi connectivity index (χ1v) is 22.9. The fourth-order valence-corrected chi connectivity index (χ4v) is 10.0. The Morgan fingerprint density at radius 1 is 0.400 bits per heavy atom. The SMILES string of the molecule is CC1(C)c2ccccc2-c2ccc(N(c3ccc(-c4ccccc4)cc3)c3ccc(-c4ccc5c(c4)c4cc6c(ccn6-c6ccccc6)cc4n5-c4ccccc4)cc3)cc21.CCC. The maximum atomic E-state index is 2.41. The van der Waals surface area contributed by atoms with Crippen molar-refractivity contribution in [2.75, 3.05) is 4.90 Å². The van der Waals surface area contributed by atoms with E-state index in [-0.39, 0.29) is 5.41 Å². The van der Waals surface area contributed by atoms with Gasteiger partial charge in [-0.05, 0) is 136 Å². The first-order chi connectivity index (χ1) is 31.9. The maximum absolute atomic E-state index is 2.41. The Morgan fingerprint density at radius 3 is 1.60 bits per heavy atom. The molecule has 0 atom stereocenters. The van der Waals surface area contributed by atoms with Crippen molar-refractivity contribution >= 4 is 49.8 Å². The number of anilines is 3. The minimum Gasteiger partial charge on any atom is -0.317 e. The summed E-state index contributed by atoms with van der Waals surface area (Å²) in [5.74, 6) is 0. The van der Waals surface area contributed by atoms with Gasteiger partial charge in [0.05, 0.1) is 16.6 Å². The lowest BCUT2D eigenvalue weighted by molar-refractivity contribution is 0.660. The van der Waals surface area contributed by atoms with Crippen molar-refractivity contribution in [1.29, 1.82) is 0 Å². The van der Waals surface area contributed by atoms with Crippen LogP contribution in [-0.2, 0) is 5.41 Å². The molecule has 2 heterocycles. The smallest absolute Gasteiger partial charge is 0.0548 e. The normalized spacial score (nSPS) is 12.5. The Hall–Kier alpha value is -7.88. The van der Waals surface area contributed by atoms with E-state index in [1.54, 1.807) is 0 Å². The molecule has 1 aliphatic carbocycles. The molecule has 3 heteroatoms. The zero-order valence-electron chi connectivity index (χ0n) is 37.4. The Balaban J connectivity index is 0.00000152. The van der Waals surface area contributed by atoms with Crippen molar-refractivity contribution in [2.45, 2.75) is 39.5 Å². The van der Waals surface area contributed by atoms with Gasteiger partial charge in [-0.25, -0.2) is 0 Å². The van der Waals surface area contributed by atoms with Crippen LogP contribution in [0, 0.1) is 0 Å². The molecule has 3 nitrogen and oxygen atoms in total. The molecule has 1 aliphatic rings. The fraction of sp³-hybridized carbons (Fsp3) is 0.0968. The summed E-state index contributed by atoms with van der Waals surface area (Å²) in [5, 5.41) is 3.68. The van der Waals surface area contributed by atoms with E-state index in [2.05, 4.69) is 266 Å². The second-order valence-corrected chi connectivity index (χ2v) is 17.8. The average Bonchev–Trinajstić information content (AvgIpc) is 3.99. The molecule has 2 aromatic heterocycles. The molecule has 0 N–H and O–H groups in total. The number of benzene rings is 9. The number of rotatable bonds is 7. The largest absolute Gasteiger partial charge is 0.317 e. The van der Waals surface area contributed by atoms with Crippen molar-refractivity contribution in [3.05, 3.63) is 236 Å². The van der Waals surface area contributed by atoms with Crippen molar-refractivity contribution in [1.82, 2.24) is 9.13 Å². The van der Waals surface area contributed by atoms with Crippen LogP contribution in [0.15, 0.2) is 225 Å². The molecule has 9 aromatic carbocycles. The topological polar surface area (TPSA) is 13.1 Å². The molecule has 0 unspecified atom stereocenters. The highest BCUT2D eigenvalue weighted by Gasteiger charge is 2.35. The minimum atomic E-state index is -0.104. The standard InChI is InChI=1S/C59H43N3.C3H8/c1-59(2)54-21-13-12-20-50(54)51-32-31-49(38-55(51)59)61(47-27-22-41(23-28-47)40-14-6-3-7-15-40)48-29-24-42(25-30-48)43-26-33-56-52(36-43)53-39-57-44(34-35-60(57)45-16-8-4-9-17-45)37-58(53)62(56)46-18-10-5-11-19-46;1-3-2/h3-39H,1-2H3;3H2,1-2H3. The molecule has 0 aliphatic heterocycles. The van der Waals surface area contributed by atoms with Crippen LogP contribution in [-0.4, -0.2) is 9.13 Å². The van der Waals surface area contributed by atoms with Crippen molar-refractivity contribution < 1.29 is 0 Å². The van der Waals surface area contributed by atoms with E-state index in [4.69, 9.17) is 0 Å². The van der Waals surface area contributed by atoms with Gasteiger partial charge >= 0.3 is 0 Å². The predicted octanol–water partition coefficient (Wildman–Crippen LogP) is 17.3. The molecule has 12 rings (SSSR count). The molecule has 0 saturated heterocycles. The quantitative estimate of drug-likeness (QED) is 0.156. The van der Waals surface area contributed by atoms with Gasteiger partial charge in [0, 0.05) is 56.2 Å². The van der Waals surface area contributed by atoms with E-state index in [1.807, 2.05) is 0 Å². The summed E-state index contributed by atoms with van der Waals surface area (Å²) in [4.78, 5) is 2.40. The second kappa shape index (κ2) is 16.3. The van der Waals surface area contributed by atoms with Gasteiger partial charge in [-0.1, -0.05) is 162 Å². The van der Waals surface area contributed by atoms with Gasteiger partial charge in [-0.15, -0.1) is 0 Å². The van der Waals surface area contributed by atoms with Crippen LogP contribution in [0.2, 0.25) is 0 Å². The fourth-order valence-electron chi connectivity index (χ4n) is 10.0. The van der Waals surface area contributed by atoms with E-state index >= 15 is 0 Å². The maximum Gasteiger partial charge on any atom is 0.0548 e. The highest BCUT2D eigenvalue weighted by molar-refractivity contribution is 6.14. The van der Waals surface area contributed by atoms with Gasteiger partial charge in [0.1, 0.15) is 0 Å². The number of para-hydroxylation sites is 2. The van der Waals surface area contributed by atoms with Gasteiger partial charge in [0.25, 0.3) is 0 Å². The third-order valence-corrected chi connectivity index (χ3v) is 13.1. The average molecular weight is 838 g/mol. The van der Waals surface area contributed by atoms with Crippen molar-refractivity contribution in [3.63, 3.8) is 0 Å². The zero-order valence-corrected chi connectivity index (χ0v) is 37.4. The Morgan fingerprint density at radius 2 is 0.923 bits per heavy atom. The monoisotopic (exact) mass is 837 g/mol. The van der Waals surface area contributed by atoms with E-state index < -0.39 is 0 Å². The van der Waals surface area contributed by atoms with Crippen LogP contribution >= 0.6 is 0 Å². The van der Waals surface area contributed by atoms with Gasteiger partial charge in [0.15, 0.2) is 0 Å². The molecule has 0 amide bonds. The molecule has 0 radical (unpaired) electrons. The molecule has 0 spiro atoms. The minimum absolute atomic E-state index is 0.104. The van der Waals surface area contributed by atoms with Gasteiger partial charge < -0.3 is 14.0 Å². The van der Waals surface area contributed by atoms with Gasteiger partial charge in [0.2, 0.25) is 0 Å². The summed E-state index contributed by atoms with van der Waals surface area (Å²) < 4.78 is 4.71. The van der Waals surface area contributed by atoms with E-state index in [0.29, 0.717) is 0 Å². The van der Waals surface area contributed by atoms with Crippen LogP contribution in [0.1, 0.15) is 45.2 Å². The number of hydrogen-bond donors (Lipinski definition) is 0. The second-order valence-electron chi connectivity index (χ2n) is 17.8. The molecule has 65 heavy (non-hydrogen) atoms. The molecule has 314 valence electrons. The molecule has 11 aromatic rings. The lowest BCUT2D eigenvalue weighted by Crippen LogP contribution is -2.16. The zero-order chi connectivity index (χ0) is 44.1. The van der Waals surface area contributed by atoms with Gasteiger partial charge in [-0.3, -0.25) is 0 Å².